The summed E-state index contributed by atoms with van der Waals surface area (Å²) in [6, 6.07) is 5.59. The number of nitrogen functional groups attached to an aromatic ring is 1. The second kappa shape index (κ2) is 6.29. The van der Waals surface area contributed by atoms with Crippen molar-refractivity contribution in [3.63, 3.8) is 0 Å². The molecule has 0 spiro atoms. The normalized spacial score (nSPS) is 20.1. The molecular formula is C15H21ClN2O. The summed E-state index contributed by atoms with van der Waals surface area (Å²) in [5.41, 5.74) is 6.78. The minimum atomic E-state index is 0.0195. The summed E-state index contributed by atoms with van der Waals surface area (Å²) in [6.45, 7) is 2.96. The minimum absolute atomic E-state index is 0.0195. The van der Waals surface area contributed by atoms with Crippen molar-refractivity contribution in [1.82, 2.24) is 4.90 Å². The number of benzene rings is 1. The molecule has 104 valence electrons. The van der Waals surface area contributed by atoms with E-state index in [4.69, 9.17) is 17.3 Å². The van der Waals surface area contributed by atoms with Crippen LogP contribution in [0, 0.1) is 0 Å². The van der Waals surface area contributed by atoms with E-state index >= 15 is 0 Å². The first-order valence-electron chi connectivity index (χ1n) is 7.00. The summed E-state index contributed by atoms with van der Waals surface area (Å²) in [5.74, 6) is 0.0195. The van der Waals surface area contributed by atoms with Crippen LogP contribution in [0.15, 0.2) is 18.2 Å². The molecule has 1 amide bonds. The topological polar surface area (TPSA) is 46.3 Å². The van der Waals surface area contributed by atoms with E-state index < -0.39 is 0 Å². The van der Waals surface area contributed by atoms with Gasteiger partial charge in [0.25, 0.3) is 5.91 Å². The molecule has 2 N–H and O–H groups in total. The second-order valence-electron chi connectivity index (χ2n) is 5.12. The first kappa shape index (κ1) is 14.2. The molecule has 2 rings (SSSR count). The standard InChI is InChI=1S/C15H21ClN2O/c1-2-11-7-4-3-5-10-18(11)15(19)12-8-6-9-13(17)14(12)16/h6,8-9,11H,2-5,7,10,17H2,1H3. The van der Waals surface area contributed by atoms with E-state index in [-0.39, 0.29) is 5.91 Å². The van der Waals surface area contributed by atoms with E-state index in [1.807, 2.05) is 4.90 Å². The number of rotatable bonds is 2. The lowest BCUT2D eigenvalue weighted by Crippen LogP contribution is -2.39. The Morgan fingerprint density at radius 1 is 1.42 bits per heavy atom. The van der Waals surface area contributed by atoms with Gasteiger partial charge in [0.2, 0.25) is 0 Å². The molecule has 1 aliphatic heterocycles. The van der Waals surface area contributed by atoms with Crippen LogP contribution in [0.25, 0.3) is 0 Å². The Morgan fingerprint density at radius 2 is 2.21 bits per heavy atom. The second-order valence-corrected chi connectivity index (χ2v) is 5.50. The summed E-state index contributed by atoms with van der Waals surface area (Å²) >= 11 is 6.17. The fraction of sp³-hybridized carbons (Fsp3) is 0.533. The van der Waals surface area contributed by atoms with Crippen LogP contribution in [-0.4, -0.2) is 23.4 Å². The summed E-state index contributed by atoms with van der Waals surface area (Å²) < 4.78 is 0. The van der Waals surface area contributed by atoms with E-state index in [0.29, 0.717) is 22.3 Å². The average molecular weight is 281 g/mol. The van der Waals surface area contributed by atoms with Crippen LogP contribution < -0.4 is 5.73 Å². The third-order valence-electron chi connectivity index (χ3n) is 3.87. The largest absolute Gasteiger partial charge is 0.398 e. The molecule has 0 aliphatic carbocycles. The Bertz CT molecular complexity index is 461. The quantitative estimate of drug-likeness (QED) is 0.839. The lowest BCUT2D eigenvalue weighted by atomic mass is 10.1. The van der Waals surface area contributed by atoms with Gasteiger partial charge in [-0.1, -0.05) is 37.4 Å². The number of anilines is 1. The first-order valence-corrected chi connectivity index (χ1v) is 7.38. The summed E-state index contributed by atoms with van der Waals surface area (Å²) in [4.78, 5) is 14.7. The molecule has 0 bridgehead atoms. The van der Waals surface area contributed by atoms with Gasteiger partial charge in [0.15, 0.2) is 0 Å². The molecule has 1 unspecified atom stereocenters. The van der Waals surface area contributed by atoms with Crippen LogP contribution in [0.1, 0.15) is 49.4 Å². The molecule has 1 aliphatic rings. The van der Waals surface area contributed by atoms with Gasteiger partial charge in [-0.05, 0) is 31.4 Å². The van der Waals surface area contributed by atoms with Crippen molar-refractivity contribution in [2.75, 3.05) is 12.3 Å². The fourth-order valence-electron chi connectivity index (χ4n) is 2.74. The van der Waals surface area contributed by atoms with Crippen molar-refractivity contribution < 1.29 is 4.79 Å². The number of hydrogen-bond donors (Lipinski definition) is 1. The molecule has 1 heterocycles. The zero-order chi connectivity index (χ0) is 13.8. The number of nitrogens with two attached hydrogens (primary N) is 1. The van der Waals surface area contributed by atoms with E-state index in [0.717, 1.165) is 25.8 Å². The number of hydrogen-bond acceptors (Lipinski definition) is 2. The molecule has 1 aromatic rings. The molecule has 1 aromatic carbocycles. The Kier molecular flexibility index (Phi) is 4.70. The van der Waals surface area contributed by atoms with Crippen molar-refractivity contribution in [2.24, 2.45) is 0 Å². The number of nitrogens with zero attached hydrogens (tertiary/aromatic N) is 1. The van der Waals surface area contributed by atoms with Crippen molar-refractivity contribution >= 4 is 23.2 Å². The van der Waals surface area contributed by atoms with Gasteiger partial charge in [0.05, 0.1) is 16.3 Å². The first-order chi connectivity index (χ1) is 9.15. The number of carbonyl (C=O) groups excluding carboxylic acids is 1. The molecule has 1 fully saturated rings. The van der Waals surface area contributed by atoms with Crippen molar-refractivity contribution in [3.8, 4) is 0 Å². The van der Waals surface area contributed by atoms with Crippen LogP contribution in [0.4, 0.5) is 5.69 Å². The minimum Gasteiger partial charge on any atom is -0.398 e. The maximum absolute atomic E-state index is 12.7. The van der Waals surface area contributed by atoms with Gasteiger partial charge in [-0.25, -0.2) is 0 Å². The third kappa shape index (κ3) is 3.03. The van der Waals surface area contributed by atoms with Crippen LogP contribution in [0.2, 0.25) is 5.02 Å². The van der Waals surface area contributed by atoms with Crippen molar-refractivity contribution in [3.05, 3.63) is 28.8 Å². The van der Waals surface area contributed by atoms with E-state index in [2.05, 4.69) is 6.92 Å². The van der Waals surface area contributed by atoms with E-state index in [9.17, 15) is 4.79 Å². The fourth-order valence-corrected chi connectivity index (χ4v) is 2.95. The molecule has 1 saturated heterocycles. The summed E-state index contributed by atoms with van der Waals surface area (Å²) in [5, 5.41) is 0.381. The van der Waals surface area contributed by atoms with Crippen LogP contribution in [-0.2, 0) is 0 Å². The van der Waals surface area contributed by atoms with Crippen LogP contribution in [0.3, 0.4) is 0 Å². The zero-order valence-electron chi connectivity index (χ0n) is 11.4. The molecule has 3 nitrogen and oxygen atoms in total. The molecular weight excluding hydrogens is 260 g/mol. The molecule has 19 heavy (non-hydrogen) atoms. The van der Waals surface area contributed by atoms with E-state index in [1.54, 1.807) is 18.2 Å². The highest BCUT2D eigenvalue weighted by Gasteiger charge is 2.26. The monoisotopic (exact) mass is 280 g/mol. The average Bonchev–Trinajstić information content (AvgIpc) is 2.66. The number of halogens is 1. The zero-order valence-corrected chi connectivity index (χ0v) is 12.1. The smallest absolute Gasteiger partial charge is 0.255 e. The Labute approximate surface area is 119 Å². The van der Waals surface area contributed by atoms with Crippen LogP contribution >= 0.6 is 11.6 Å². The van der Waals surface area contributed by atoms with Gasteiger partial charge in [0.1, 0.15) is 0 Å². The molecule has 0 saturated carbocycles. The lowest BCUT2D eigenvalue weighted by molar-refractivity contribution is 0.0678. The maximum Gasteiger partial charge on any atom is 0.255 e. The SMILES string of the molecule is CCC1CCCCCN1C(=O)c1cccc(N)c1Cl. The molecule has 1 atom stereocenters. The highest BCUT2D eigenvalue weighted by molar-refractivity contribution is 6.36. The predicted molar refractivity (Wildman–Crippen MR) is 79.4 cm³/mol. The summed E-state index contributed by atoms with van der Waals surface area (Å²) in [7, 11) is 0. The van der Waals surface area contributed by atoms with Gasteiger partial charge >= 0.3 is 0 Å². The van der Waals surface area contributed by atoms with Crippen LogP contribution in [0.5, 0.6) is 0 Å². The molecule has 0 radical (unpaired) electrons. The van der Waals surface area contributed by atoms with Crippen molar-refractivity contribution in [1.29, 1.82) is 0 Å². The molecule has 0 aromatic heterocycles. The van der Waals surface area contributed by atoms with Gasteiger partial charge in [-0.2, -0.15) is 0 Å². The maximum atomic E-state index is 12.7. The Balaban J connectivity index is 2.28. The van der Waals surface area contributed by atoms with Crippen molar-refractivity contribution in [2.45, 2.75) is 45.1 Å². The number of amides is 1. The Morgan fingerprint density at radius 3 is 2.95 bits per heavy atom. The summed E-state index contributed by atoms with van der Waals surface area (Å²) in [6.07, 6.45) is 5.55. The highest BCUT2D eigenvalue weighted by Crippen LogP contribution is 2.27. The van der Waals surface area contributed by atoms with Gasteiger partial charge < -0.3 is 10.6 Å². The van der Waals surface area contributed by atoms with Gasteiger partial charge in [-0.15, -0.1) is 0 Å². The molecule has 4 heteroatoms. The predicted octanol–water partition coefficient (Wildman–Crippen LogP) is 3.72. The Hall–Kier alpha value is -1.22. The number of carbonyl (C=O) groups is 1. The highest BCUT2D eigenvalue weighted by atomic mass is 35.5. The van der Waals surface area contributed by atoms with E-state index in [1.165, 1.54) is 12.8 Å². The number of likely N-dealkylation sites (tertiary alicyclic amines) is 1. The van der Waals surface area contributed by atoms with Gasteiger partial charge in [-0.3, -0.25) is 4.79 Å². The van der Waals surface area contributed by atoms with Gasteiger partial charge in [0, 0.05) is 12.6 Å². The third-order valence-corrected chi connectivity index (χ3v) is 4.29. The lowest BCUT2D eigenvalue weighted by Gasteiger charge is -2.29.